The molecule has 0 radical (unpaired) electrons. The van der Waals surface area contributed by atoms with E-state index in [4.69, 9.17) is 11.6 Å². The molecule has 2 fully saturated rings. The topological polar surface area (TPSA) is 30.7 Å². The first-order valence-corrected chi connectivity index (χ1v) is 6.93. The van der Waals surface area contributed by atoms with Crippen LogP contribution in [0, 0.1) is 0 Å². The van der Waals surface area contributed by atoms with Gasteiger partial charge in [0.2, 0.25) is 0 Å². The summed E-state index contributed by atoms with van der Waals surface area (Å²) in [6.07, 6.45) is 9.21. The summed E-state index contributed by atoms with van der Waals surface area (Å²) in [5.74, 6) is 3.33. The lowest BCUT2D eigenvalue weighted by atomic mass is 9.88. The second kappa shape index (κ2) is 4.36. The molecule has 1 aromatic heterocycles. The highest BCUT2D eigenvalue weighted by atomic mass is 35.5. The molecule has 4 heteroatoms. The van der Waals surface area contributed by atoms with Gasteiger partial charge in [-0.2, -0.15) is 0 Å². The molecule has 1 aromatic rings. The highest BCUT2D eigenvalue weighted by Crippen LogP contribution is 2.41. The van der Waals surface area contributed by atoms with Crippen LogP contribution in [0.25, 0.3) is 0 Å². The van der Waals surface area contributed by atoms with Crippen molar-refractivity contribution in [3.63, 3.8) is 0 Å². The summed E-state index contributed by atoms with van der Waals surface area (Å²) in [5, 5.41) is 8.65. The number of hydrogen-bond acceptors (Lipinski definition) is 2. The lowest BCUT2D eigenvalue weighted by Gasteiger charge is -2.21. The van der Waals surface area contributed by atoms with E-state index >= 15 is 0 Å². The van der Waals surface area contributed by atoms with Gasteiger partial charge in [0.25, 0.3) is 0 Å². The van der Waals surface area contributed by atoms with Gasteiger partial charge in [-0.05, 0) is 25.7 Å². The molecular formula is C12H18ClN3. The molecule has 0 spiro atoms. The summed E-state index contributed by atoms with van der Waals surface area (Å²) in [6, 6.07) is 0.653. The van der Waals surface area contributed by atoms with E-state index in [0.29, 0.717) is 17.8 Å². The van der Waals surface area contributed by atoms with Crippen LogP contribution in [0.3, 0.4) is 0 Å². The minimum atomic E-state index is 0.496. The third-order valence-electron chi connectivity index (χ3n) is 3.79. The fourth-order valence-electron chi connectivity index (χ4n) is 2.80. The number of aromatic nitrogens is 3. The van der Waals surface area contributed by atoms with Crippen molar-refractivity contribution in [2.24, 2.45) is 0 Å². The molecule has 16 heavy (non-hydrogen) atoms. The van der Waals surface area contributed by atoms with Crippen molar-refractivity contribution in [3.05, 3.63) is 11.6 Å². The molecule has 1 heterocycles. The zero-order valence-corrected chi connectivity index (χ0v) is 10.3. The summed E-state index contributed by atoms with van der Waals surface area (Å²) >= 11 is 5.93. The Morgan fingerprint density at radius 3 is 2.44 bits per heavy atom. The monoisotopic (exact) mass is 239 g/mol. The van der Waals surface area contributed by atoms with E-state index in [1.165, 1.54) is 50.8 Å². The predicted octanol–water partition coefficient (Wildman–Crippen LogP) is 3.40. The molecule has 0 atom stereocenters. The van der Waals surface area contributed by atoms with Gasteiger partial charge in [0, 0.05) is 12.0 Å². The van der Waals surface area contributed by atoms with Gasteiger partial charge < -0.3 is 4.57 Å². The standard InChI is InChI=1S/C12H18ClN3/c13-8-11-14-15-12(16(11)10-6-7-10)9-4-2-1-3-5-9/h9-10H,1-8H2. The lowest BCUT2D eigenvalue weighted by Crippen LogP contribution is -2.12. The number of rotatable bonds is 3. The highest BCUT2D eigenvalue weighted by molar-refractivity contribution is 6.16. The van der Waals surface area contributed by atoms with Crippen molar-refractivity contribution >= 4 is 11.6 Å². The third kappa shape index (κ3) is 1.86. The van der Waals surface area contributed by atoms with E-state index in [0.717, 1.165) is 5.82 Å². The van der Waals surface area contributed by atoms with Gasteiger partial charge in [0.15, 0.2) is 0 Å². The zero-order chi connectivity index (χ0) is 11.0. The minimum Gasteiger partial charge on any atom is -0.311 e. The molecule has 3 rings (SSSR count). The summed E-state index contributed by atoms with van der Waals surface area (Å²) in [4.78, 5) is 0. The molecule has 2 aliphatic carbocycles. The van der Waals surface area contributed by atoms with Crippen molar-refractivity contribution in [2.45, 2.75) is 62.8 Å². The van der Waals surface area contributed by atoms with E-state index in [1.807, 2.05) is 0 Å². The summed E-state index contributed by atoms with van der Waals surface area (Å²) in [5.41, 5.74) is 0. The molecule has 0 saturated heterocycles. The molecule has 0 amide bonds. The van der Waals surface area contributed by atoms with Gasteiger partial charge in [-0.3, -0.25) is 0 Å². The molecule has 0 aromatic carbocycles. The third-order valence-corrected chi connectivity index (χ3v) is 4.03. The van der Waals surface area contributed by atoms with Gasteiger partial charge in [-0.25, -0.2) is 0 Å². The van der Waals surface area contributed by atoms with Crippen molar-refractivity contribution in [2.75, 3.05) is 0 Å². The number of halogens is 1. The molecule has 2 aliphatic rings. The molecular weight excluding hydrogens is 222 g/mol. The van der Waals surface area contributed by atoms with E-state index < -0.39 is 0 Å². The Kier molecular flexibility index (Phi) is 2.88. The normalized spacial score (nSPS) is 22.6. The van der Waals surface area contributed by atoms with E-state index in [1.54, 1.807) is 0 Å². The van der Waals surface area contributed by atoms with Crippen LogP contribution in [-0.4, -0.2) is 14.8 Å². The molecule has 2 saturated carbocycles. The second-order valence-corrected chi connectivity index (χ2v) is 5.31. The Balaban J connectivity index is 1.89. The maximum Gasteiger partial charge on any atom is 0.148 e. The fourth-order valence-corrected chi connectivity index (χ4v) is 2.98. The Hall–Kier alpha value is -0.570. The highest BCUT2D eigenvalue weighted by Gasteiger charge is 2.32. The Morgan fingerprint density at radius 2 is 1.81 bits per heavy atom. The average molecular weight is 240 g/mol. The van der Waals surface area contributed by atoms with E-state index in [2.05, 4.69) is 14.8 Å². The maximum atomic E-state index is 5.93. The fraction of sp³-hybridized carbons (Fsp3) is 0.833. The second-order valence-electron chi connectivity index (χ2n) is 5.04. The van der Waals surface area contributed by atoms with Crippen LogP contribution in [0.4, 0.5) is 0 Å². The Labute approximate surface area is 101 Å². The Morgan fingerprint density at radius 1 is 1.06 bits per heavy atom. The largest absolute Gasteiger partial charge is 0.311 e. The maximum absolute atomic E-state index is 5.93. The van der Waals surface area contributed by atoms with Crippen molar-refractivity contribution in [1.82, 2.24) is 14.8 Å². The first-order valence-electron chi connectivity index (χ1n) is 6.40. The quantitative estimate of drug-likeness (QED) is 0.757. The summed E-state index contributed by atoms with van der Waals surface area (Å²) < 4.78 is 2.34. The molecule has 0 unspecified atom stereocenters. The van der Waals surface area contributed by atoms with Crippen LogP contribution in [0.1, 0.15) is 68.6 Å². The van der Waals surface area contributed by atoms with E-state index in [9.17, 15) is 0 Å². The average Bonchev–Trinajstić information content (AvgIpc) is 3.09. The predicted molar refractivity (Wildman–Crippen MR) is 63.7 cm³/mol. The van der Waals surface area contributed by atoms with Gasteiger partial charge in [0.05, 0.1) is 5.88 Å². The minimum absolute atomic E-state index is 0.496. The molecule has 0 bridgehead atoms. The summed E-state index contributed by atoms with van der Waals surface area (Å²) in [6.45, 7) is 0. The van der Waals surface area contributed by atoms with E-state index in [-0.39, 0.29) is 0 Å². The van der Waals surface area contributed by atoms with Gasteiger partial charge >= 0.3 is 0 Å². The zero-order valence-electron chi connectivity index (χ0n) is 9.53. The molecule has 0 aliphatic heterocycles. The first kappa shape index (κ1) is 10.6. The van der Waals surface area contributed by atoms with Crippen LogP contribution >= 0.6 is 11.6 Å². The lowest BCUT2D eigenvalue weighted by molar-refractivity contribution is 0.414. The molecule has 88 valence electrons. The molecule has 0 N–H and O–H groups in total. The smallest absolute Gasteiger partial charge is 0.148 e. The van der Waals surface area contributed by atoms with Crippen LogP contribution < -0.4 is 0 Å². The number of hydrogen-bond donors (Lipinski definition) is 0. The van der Waals surface area contributed by atoms with Gasteiger partial charge in [0.1, 0.15) is 11.6 Å². The van der Waals surface area contributed by atoms with Crippen LogP contribution in [-0.2, 0) is 5.88 Å². The van der Waals surface area contributed by atoms with Gasteiger partial charge in [-0.15, -0.1) is 21.8 Å². The summed E-state index contributed by atoms with van der Waals surface area (Å²) in [7, 11) is 0. The Bertz CT molecular complexity index is 364. The van der Waals surface area contributed by atoms with Crippen LogP contribution in [0.2, 0.25) is 0 Å². The first-order chi connectivity index (χ1) is 7.90. The number of nitrogens with zero attached hydrogens (tertiary/aromatic N) is 3. The van der Waals surface area contributed by atoms with Gasteiger partial charge in [-0.1, -0.05) is 19.3 Å². The van der Waals surface area contributed by atoms with Crippen LogP contribution in [0.5, 0.6) is 0 Å². The van der Waals surface area contributed by atoms with Crippen LogP contribution in [0.15, 0.2) is 0 Å². The van der Waals surface area contributed by atoms with Crippen molar-refractivity contribution in [3.8, 4) is 0 Å². The molecule has 3 nitrogen and oxygen atoms in total. The van der Waals surface area contributed by atoms with Crippen molar-refractivity contribution < 1.29 is 0 Å². The SMILES string of the molecule is ClCc1nnc(C2CCCCC2)n1C1CC1. The van der Waals surface area contributed by atoms with Crippen molar-refractivity contribution in [1.29, 1.82) is 0 Å². The number of alkyl halides is 1.